The standard InChI is InChI=1S/C16H19N3O2S/c1-19-9-11(10-19)8-18-16(20)21-14-7-12(4-5-13(14)17)15-3-2-6-22-15/h2-7,11H,8-10,17H2,1H3,(H,18,20). The lowest BCUT2D eigenvalue weighted by Crippen LogP contribution is -2.49. The van der Waals surface area contributed by atoms with Gasteiger partial charge in [0.1, 0.15) is 0 Å². The first-order valence-corrected chi connectivity index (χ1v) is 8.07. The van der Waals surface area contributed by atoms with Crippen LogP contribution in [-0.2, 0) is 0 Å². The number of carbonyl (C=O) groups is 1. The van der Waals surface area contributed by atoms with E-state index in [0.29, 0.717) is 23.9 Å². The molecule has 0 atom stereocenters. The molecule has 2 aromatic rings. The zero-order chi connectivity index (χ0) is 15.5. The van der Waals surface area contributed by atoms with E-state index in [1.807, 2.05) is 23.6 Å². The molecule has 1 fully saturated rings. The number of hydrogen-bond donors (Lipinski definition) is 2. The van der Waals surface area contributed by atoms with E-state index in [-0.39, 0.29) is 0 Å². The molecule has 22 heavy (non-hydrogen) atoms. The van der Waals surface area contributed by atoms with Crippen LogP contribution in [-0.4, -0.2) is 37.7 Å². The number of anilines is 1. The number of nitrogens with one attached hydrogen (secondary N) is 1. The lowest BCUT2D eigenvalue weighted by molar-refractivity contribution is 0.130. The molecule has 0 radical (unpaired) electrons. The average molecular weight is 317 g/mol. The summed E-state index contributed by atoms with van der Waals surface area (Å²) in [4.78, 5) is 15.2. The number of nitrogen functional groups attached to an aromatic ring is 1. The number of carbonyl (C=O) groups excluding carboxylic acids is 1. The molecule has 116 valence electrons. The van der Waals surface area contributed by atoms with Crippen molar-refractivity contribution in [1.82, 2.24) is 10.2 Å². The molecule has 5 nitrogen and oxygen atoms in total. The van der Waals surface area contributed by atoms with Gasteiger partial charge in [0.05, 0.1) is 5.69 Å². The lowest BCUT2D eigenvalue weighted by atomic mass is 10.0. The third kappa shape index (κ3) is 3.40. The zero-order valence-electron chi connectivity index (χ0n) is 12.4. The number of amides is 1. The van der Waals surface area contributed by atoms with Gasteiger partial charge in [0, 0.05) is 30.4 Å². The second kappa shape index (κ2) is 6.37. The number of rotatable bonds is 4. The summed E-state index contributed by atoms with van der Waals surface area (Å²) in [6, 6.07) is 9.50. The first kappa shape index (κ1) is 14.9. The summed E-state index contributed by atoms with van der Waals surface area (Å²) in [6.07, 6.45) is -0.454. The van der Waals surface area contributed by atoms with Crippen molar-refractivity contribution in [3.8, 4) is 16.2 Å². The Labute approximate surface area is 133 Å². The van der Waals surface area contributed by atoms with E-state index in [4.69, 9.17) is 10.5 Å². The third-order valence-corrected chi connectivity index (χ3v) is 4.62. The number of hydrogen-bond acceptors (Lipinski definition) is 5. The highest BCUT2D eigenvalue weighted by molar-refractivity contribution is 7.13. The van der Waals surface area contributed by atoms with Crippen LogP contribution < -0.4 is 15.8 Å². The molecule has 2 heterocycles. The fourth-order valence-corrected chi connectivity index (χ4v) is 3.26. The molecule has 1 amide bonds. The van der Waals surface area contributed by atoms with Crippen LogP contribution in [0.3, 0.4) is 0 Å². The Morgan fingerprint density at radius 3 is 2.95 bits per heavy atom. The molecule has 3 rings (SSSR count). The smallest absolute Gasteiger partial charge is 0.408 e. The van der Waals surface area contributed by atoms with Gasteiger partial charge in [-0.05, 0) is 36.2 Å². The lowest BCUT2D eigenvalue weighted by Gasteiger charge is -2.36. The summed E-state index contributed by atoms with van der Waals surface area (Å²) in [7, 11) is 2.06. The van der Waals surface area contributed by atoms with Crippen LogP contribution in [0.1, 0.15) is 0 Å². The van der Waals surface area contributed by atoms with Crippen molar-refractivity contribution in [2.75, 3.05) is 32.4 Å². The number of benzene rings is 1. The Balaban J connectivity index is 1.61. The second-order valence-corrected chi connectivity index (χ2v) is 6.54. The molecule has 1 aliphatic rings. The van der Waals surface area contributed by atoms with E-state index in [1.165, 1.54) is 0 Å². The molecule has 0 bridgehead atoms. The van der Waals surface area contributed by atoms with E-state index in [0.717, 1.165) is 23.5 Å². The Hall–Kier alpha value is -2.05. The minimum Gasteiger partial charge on any atom is -0.408 e. The summed E-state index contributed by atoms with van der Waals surface area (Å²) in [6.45, 7) is 2.65. The van der Waals surface area contributed by atoms with Crippen LogP contribution in [0.4, 0.5) is 10.5 Å². The molecule has 6 heteroatoms. The predicted molar refractivity (Wildman–Crippen MR) is 89.2 cm³/mol. The minimum atomic E-state index is -0.454. The van der Waals surface area contributed by atoms with Crippen molar-refractivity contribution in [2.45, 2.75) is 0 Å². The van der Waals surface area contributed by atoms with Gasteiger partial charge >= 0.3 is 6.09 Å². The molecule has 3 N–H and O–H groups in total. The van der Waals surface area contributed by atoms with Gasteiger partial charge in [0.25, 0.3) is 0 Å². The first-order chi connectivity index (χ1) is 10.6. The molecule has 0 spiro atoms. The summed E-state index contributed by atoms with van der Waals surface area (Å²) in [5.41, 5.74) is 7.34. The van der Waals surface area contributed by atoms with Crippen molar-refractivity contribution in [3.05, 3.63) is 35.7 Å². The van der Waals surface area contributed by atoms with E-state index in [9.17, 15) is 4.79 Å². The van der Waals surface area contributed by atoms with Crippen molar-refractivity contribution >= 4 is 23.1 Å². The van der Waals surface area contributed by atoms with E-state index < -0.39 is 6.09 Å². The highest BCUT2D eigenvalue weighted by atomic mass is 32.1. The second-order valence-electron chi connectivity index (χ2n) is 5.59. The molecule has 0 aliphatic carbocycles. The van der Waals surface area contributed by atoms with Gasteiger partial charge in [0.15, 0.2) is 5.75 Å². The molecule has 0 unspecified atom stereocenters. The molecule has 1 aromatic carbocycles. The number of thiophene rings is 1. The van der Waals surface area contributed by atoms with Crippen LogP contribution in [0.25, 0.3) is 10.4 Å². The maximum Gasteiger partial charge on any atom is 0.412 e. The molecule has 1 saturated heterocycles. The van der Waals surface area contributed by atoms with Crippen molar-refractivity contribution < 1.29 is 9.53 Å². The van der Waals surface area contributed by atoms with Gasteiger partial charge in [0.2, 0.25) is 0 Å². The quantitative estimate of drug-likeness (QED) is 0.851. The highest BCUT2D eigenvalue weighted by Gasteiger charge is 2.23. The van der Waals surface area contributed by atoms with Crippen LogP contribution in [0.2, 0.25) is 0 Å². The van der Waals surface area contributed by atoms with Gasteiger partial charge in [-0.1, -0.05) is 12.1 Å². The fourth-order valence-electron chi connectivity index (χ4n) is 2.54. The topological polar surface area (TPSA) is 67.6 Å². The van der Waals surface area contributed by atoms with Gasteiger partial charge in [-0.2, -0.15) is 0 Å². The summed E-state index contributed by atoms with van der Waals surface area (Å²) in [5.74, 6) is 0.904. The zero-order valence-corrected chi connectivity index (χ0v) is 13.2. The van der Waals surface area contributed by atoms with Crippen molar-refractivity contribution in [2.24, 2.45) is 5.92 Å². The maximum absolute atomic E-state index is 11.9. The number of likely N-dealkylation sites (tertiary alicyclic amines) is 1. The highest BCUT2D eigenvalue weighted by Crippen LogP contribution is 2.31. The maximum atomic E-state index is 11.9. The van der Waals surface area contributed by atoms with Gasteiger partial charge in [-0.25, -0.2) is 4.79 Å². The summed E-state index contributed by atoms with van der Waals surface area (Å²) < 4.78 is 5.35. The Morgan fingerprint density at radius 1 is 1.45 bits per heavy atom. The Bertz CT molecular complexity index is 651. The fraction of sp³-hybridized carbons (Fsp3) is 0.312. The van der Waals surface area contributed by atoms with E-state index in [1.54, 1.807) is 23.5 Å². The Kier molecular flexibility index (Phi) is 4.31. The van der Waals surface area contributed by atoms with E-state index in [2.05, 4.69) is 17.3 Å². The summed E-state index contributed by atoms with van der Waals surface area (Å²) in [5, 5.41) is 4.80. The van der Waals surface area contributed by atoms with Gasteiger partial charge in [-0.3, -0.25) is 0 Å². The number of nitrogens with two attached hydrogens (primary N) is 1. The molecule has 0 saturated carbocycles. The van der Waals surface area contributed by atoms with E-state index >= 15 is 0 Å². The predicted octanol–water partition coefficient (Wildman–Crippen LogP) is 2.65. The van der Waals surface area contributed by atoms with Gasteiger partial charge < -0.3 is 20.7 Å². The van der Waals surface area contributed by atoms with Crippen LogP contribution in [0.5, 0.6) is 5.75 Å². The molecule has 1 aromatic heterocycles. The monoisotopic (exact) mass is 317 g/mol. The SMILES string of the molecule is CN1CC(CNC(=O)Oc2cc(-c3cccs3)ccc2N)C1. The third-order valence-electron chi connectivity index (χ3n) is 3.70. The average Bonchev–Trinajstić information content (AvgIpc) is 2.99. The Morgan fingerprint density at radius 2 is 2.27 bits per heavy atom. The normalized spacial score (nSPS) is 15.3. The molecular weight excluding hydrogens is 298 g/mol. The first-order valence-electron chi connectivity index (χ1n) is 7.19. The van der Waals surface area contributed by atoms with Gasteiger partial charge in [-0.15, -0.1) is 11.3 Å². The molecular formula is C16H19N3O2S. The number of nitrogens with zero attached hydrogens (tertiary/aromatic N) is 1. The van der Waals surface area contributed by atoms with Crippen LogP contribution in [0.15, 0.2) is 35.7 Å². The van der Waals surface area contributed by atoms with Crippen molar-refractivity contribution in [3.63, 3.8) is 0 Å². The molecule has 1 aliphatic heterocycles. The number of ether oxygens (including phenoxy) is 1. The summed E-state index contributed by atoms with van der Waals surface area (Å²) >= 11 is 1.63. The van der Waals surface area contributed by atoms with Crippen LogP contribution in [0, 0.1) is 5.92 Å². The largest absolute Gasteiger partial charge is 0.412 e. The minimum absolute atomic E-state index is 0.397. The van der Waals surface area contributed by atoms with Crippen LogP contribution >= 0.6 is 11.3 Å². The van der Waals surface area contributed by atoms with Crippen molar-refractivity contribution in [1.29, 1.82) is 0 Å².